The summed E-state index contributed by atoms with van der Waals surface area (Å²) >= 11 is 5.95. The molecule has 0 spiro atoms. The average Bonchev–Trinajstić information content (AvgIpc) is 2.36. The molecule has 0 aliphatic rings. The average molecular weight is 270 g/mol. The Labute approximate surface area is 116 Å². The Hall–Kier alpha value is -0.730. The van der Waals surface area contributed by atoms with Crippen LogP contribution in [-0.4, -0.2) is 19.2 Å². The minimum atomic E-state index is 0.564. The van der Waals surface area contributed by atoms with Gasteiger partial charge >= 0.3 is 0 Å². The summed E-state index contributed by atoms with van der Waals surface area (Å²) in [4.78, 5) is 0. The lowest BCUT2D eigenvalue weighted by molar-refractivity contribution is 0.296. The van der Waals surface area contributed by atoms with E-state index in [1.165, 1.54) is 6.42 Å². The van der Waals surface area contributed by atoms with Crippen LogP contribution in [0.5, 0.6) is 5.75 Å². The summed E-state index contributed by atoms with van der Waals surface area (Å²) in [6, 6.07) is 6.33. The highest BCUT2D eigenvalue weighted by Gasteiger charge is 2.03. The zero-order valence-corrected chi connectivity index (χ0v) is 12.4. The molecule has 1 unspecified atom stereocenters. The van der Waals surface area contributed by atoms with Crippen molar-refractivity contribution in [2.45, 2.75) is 46.1 Å². The number of benzene rings is 1. The zero-order chi connectivity index (χ0) is 13.4. The van der Waals surface area contributed by atoms with Gasteiger partial charge in [0.05, 0.1) is 6.61 Å². The maximum absolute atomic E-state index is 5.95. The minimum Gasteiger partial charge on any atom is -0.493 e. The predicted molar refractivity (Wildman–Crippen MR) is 78.7 cm³/mol. The third-order valence-corrected chi connectivity index (χ3v) is 3.17. The highest BCUT2D eigenvalue weighted by atomic mass is 35.5. The van der Waals surface area contributed by atoms with Crippen LogP contribution in [0.1, 0.15) is 38.7 Å². The third kappa shape index (κ3) is 5.74. The Morgan fingerprint density at radius 1 is 1.39 bits per heavy atom. The Bertz CT molecular complexity index is 354. The molecular weight excluding hydrogens is 246 g/mol. The van der Waals surface area contributed by atoms with E-state index in [-0.39, 0.29) is 0 Å². The van der Waals surface area contributed by atoms with E-state index < -0.39 is 0 Å². The van der Waals surface area contributed by atoms with Crippen molar-refractivity contribution >= 4 is 11.6 Å². The van der Waals surface area contributed by atoms with E-state index in [0.717, 1.165) is 42.3 Å². The van der Waals surface area contributed by atoms with Crippen LogP contribution in [0.2, 0.25) is 5.02 Å². The molecule has 1 aromatic carbocycles. The fourth-order valence-electron chi connectivity index (χ4n) is 1.79. The van der Waals surface area contributed by atoms with Gasteiger partial charge in [0.1, 0.15) is 5.75 Å². The molecule has 0 bridgehead atoms. The van der Waals surface area contributed by atoms with E-state index in [4.69, 9.17) is 16.3 Å². The summed E-state index contributed by atoms with van der Waals surface area (Å²) in [5, 5.41) is 4.20. The van der Waals surface area contributed by atoms with Crippen molar-refractivity contribution in [2.24, 2.45) is 0 Å². The number of hydrogen-bond acceptors (Lipinski definition) is 2. The summed E-state index contributed by atoms with van der Waals surface area (Å²) in [5.74, 6) is 0.900. The maximum Gasteiger partial charge on any atom is 0.123 e. The number of ether oxygens (including phenoxy) is 1. The molecule has 1 atom stereocenters. The van der Waals surface area contributed by atoms with Gasteiger partial charge in [0, 0.05) is 11.1 Å². The summed E-state index contributed by atoms with van der Waals surface area (Å²) < 4.78 is 5.76. The second kappa shape index (κ2) is 8.39. The van der Waals surface area contributed by atoms with Crippen LogP contribution in [0.4, 0.5) is 0 Å². The van der Waals surface area contributed by atoms with E-state index in [1.807, 2.05) is 25.1 Å². The van der Waals surface area contributed by atoms with Crippen molar-refractivity contribution in [3.8, 4) is 5.75 Å². The van der Waals surface area contributed by atoms with Gasteiger partial charge < -0.3 is 10.1 Å². The second-order valence-electron chi connectivity index (χ2n) is 4.76. The first kappa shape index (κ1) is 15.3. The summed E-state index contributed by atoms with van der Waals surface area (Å²) in [5.41, 5.74) is 1.14. The Morgan fingerprint density at radius 3 is 2.89 bits per heavy atom. The van der Waals surface area contributed by atoms with Gasteiger partial charge in [-0.05, 0) is 57.4 Å². The molecule has 0 aliphatic carbocycles. The van der Waals surface area contributed by atoms with Crippen molar-refractivity contribution < 1.29 is 4.74 Å². The van der Waals surface area contributed by atoms with Gasteiger partial charge in [-0.25, -0.2) is 0 Å². The van der Waals surface area contributed by atoms with Crippen molar-refractivity contribution in [3.05, 3.63) is 28.8 Å². The standard InChI is InChI=1S/C15H24ClNO/c1-4-9-17-13(3)6-5-10-18-15-11-14(16)8-7-12(15)2/h7-8,11,13,17H,4-6,9-10H2,1-3H3. The van der Waals surface area contributed by atoms with Gasteiger partial charge in [-0.2, -0.15) is 0 Å². The van der Waals surface area contributed by atoms with Crippen molar-refractivity contribution in [1.29, 1.82) is 0 Å². The molecule has 1 rings (SSSR count). The molecule has 1 N–H and O–H groups in total. The van der Waals surface area contributed by atoms with Gasteiger partial charge in [-0.1, -0.05) is 24.6 Å². The monoisotopic (exact) mass is 269 g/mol. The normalized spacial score (nSPS) is 12.4. The molecule has 18 heavy (non-hydrogen) atoms. The van der Waals surface area contributed by atoms with Crippen molar-refractivity contribution in [1.82, 2.24) is 5.32 Å². The summed E-state index contributed by atoms with van der Waals surface area (Å²) in [6.07, 6.45) is 3.38. The third-order valence-electron chi connectivity index (χ3n) is 2.93. The van der Waals surface area contributed by atoms with Gasteiger partial charge in [-0.3, -0.25) is 0 Å². The molecule has 0 radical (unpaired) electrons. The van der Waals surface area contributed by atoms with E-state index in [1.54, 1.807) is 0 Å². The molecule has 0 saturated carbocycles. The topological polar surface area (TPSA) is 21.3 Å². The van der Waals surface area contributed by atoms with Gasteiger partial charge in [0.15, 0.2) is 0 Å². The molecule has 0 aromatic heterocycles. The smallest absolute Gasteiger partial charge is 0.123 e. The van der Waals surface area contributed by atoms with Gasteiger partial charge in [-0.15, -0.1) is 0 Å². The van der Waals surface area contributed by atoms with Crippen LogP contribution in [0, 0.1) is 6.92 Å². The number of nitrogens with one attached hydrogen (secondary N) is 1. The largest absolute Gasteiger partial charge is 0.493 e. The lowest BCUT2D eigenvalue weighted by Crippen LogP contribution is -2.26. The number of halogens is 1. The zero-order valence-electron chi connectivity index (χ0n) is 11.6. The maximum atomic E-state index is 5.95. The van der Waals surface area contributed by atoms with Gasteiger partial charge in [0.2, 0.25) is 0 Å². The molecular formula is C15H24ClNO. The van der Waals surface area contributed by atoms with Crippen LogP contribution in [0.3, 0.4) is 0 Å². The van der Waals surface area contributed by atoms with E-state index in [9.17, 15) is 0 Å². The quantitative estimate of drug-likeness (QED) is 0.715. The van der Waals surface area contributed by atoms with Crippen LogP contribution >= 0.6 is 11.6 Å². The first-order valence-corrected chi connectivity index (χ1v) is 7.13. The predicted octanol–water partition coefficient (Wildman–Crippen LogP) is 4.20. The molecule has 102 valence electrons. The lowest BCUT2D eigenvalue weighted by Gasteiger charge is -2.14. The lowest BCUT2D eigenvalue weighted by atomic mass is 10.2. The summed E-state index contributed by atoms with van der Waals surface area (Å²) in [6.45, 7) is 8.29. The molecule has 2 nitrogen and oxygen atoms in total. The number of aryl methyl sites for hydroxylation is 1. The Morgan fingerprint density at radius 2 is 2.17 bits per heavy atom. The Balaban J connectivity index is 2.23. The minimum absolute atomic E-state index is 0.564. The highest BCUT2D eigenvalue weighted by molar-refractivity contribution is 6.30. The fourth-order valence-corrected chi connectivity index (χ4v) is 1.96. The molecule has 0 fully saturated rings. The van der Waals surface area contributed by atoms with Crippen LogP contribution in [0.25, 0.3) is 0 Å². The molecule has 3 heteroatoms. The van der Waals surface area contributed by atoms with E-state index in [0.29, 0.717) is 6.04 Å². The molecule has 0 saturated heterocycles. The van der Waals surface area contributed by atoms with Crippen molar-refractivity contribution in [3.63, 3.8) is 0 Å². The molecule has 0 aliphatic heterocycles. The van der Waals surface area contributed by atoms with Crippen LogP contribution in [-0.2, 0) is 0 Å². The SMILES string of the molecule is CCCNC(C)CCCOc1cc(Cl)ccc1C. The number of rotatable bonds is 8. The highest BCUT2D eigenvalue weighted by Crippen LogP contribution is 2.22. The molecule has 0 amide bonds. The van der Waals surface area contributed by atoms with Crippen LogP contribution < -0.4 is 10.1 Å². The first-order valence-electron chi connectivity index (χ1n) is 6.75. The number of hydrogen-bond donors (Lipinski definition) is 1. The first-order chi connectivity index (χ1) is 8.63. The van der Waals surface area contributed by atoms with E-state index >= 15 is 0 Å². The Kier molecular flexibility index (Phi) is 7.14. The fraction of sp³-hybridized carbons (Fsp3) is 0.600. The molecule has 0 heterocycles. The van der Waals surface area contributed by atoms with E-state index in [2.05, 4.69) is 19.2 Å². The van der Waals surface area contributed by atoms with Gasteiger partial charge in [0.25, 0.3) is 0 Å². The second-order valence-corrected chi connectivity index (χ2v) is 5.19. The molecule has 1 aromatic rings. The summed E-state index contributed by atoms with van der Waals surface area (Å²) in [7, 11) is 0. The van der Waals surface area contributed by atoms with Crippen molar-refractivity contribution in [2.75, 3.05) is 13.2 Å². The van der Waals surface area contributed by atoms with Crippen LogP contribution in [0.15, 0.2) is 18.2 Å².